The Morgan fingerprint density at radius 1 is 1.06 bits per heavy atom. The fourth-order valence-electron chi connectivity index (χ4n) is 3.12. The Balaban J connectivity index is 1.55. The van der Waals surface area contributed by atoms with Crippen LogP contribution in [0.5, 0.6) is 11.5 Å². The summed E-state index contributed by atoms with van der Waals surface area (Å²) in [6.45, 7) is 2.43. The number of nitrogens with zero attached hydrogens (tertiary/aromatic N) is 1. The number of carbonyl (C=O) groups is 1. The lowest BCUT2D eigenvalue weighted by Gasteiger charge is -2.15. The molecule has 1 N–H and O–H groups in total. The van der Waals surface area contributed by atoms with Gasteiger partial charge in [0.2, 0.25) is 0 Å². The fourth-order valence-corrected chi connectivity index (χ4v) is 4.54. The van der Waals surface area contributed by atoms with Crippen LogP contribution < -0.4 is 14.8 Å². The van der Waals surface area contributed by atoms with Gasteiger partial charge >= 0.3 is 0 Å². The summed E-state index contributed by atoms with van der Waals surface area (Å²) < 4.78 is 38.8. The van der Waals surface area contributed by atoms with Crippen LogP contribution in [-0.4, -0.2) is 17.7 Å². The maximum atomic E-state index is 13.5. The molecule has 0 saturated carbocycles. The lowest BCUT2D eigenvalue weighted by molar-refractivity contribution is -0.115. The molecule has 34 heavy (non-hydrogen) atoms. The second-order valence-electron chi connectivity index (χ2n) is 7.14. The predicted octanol–water partition coefficient (Wildman–Crippen LogP) is 6.60. The summed E-state index contributed by atoms with van der Waals surface area (Å²) in [7, 11) is 0. The summed E-state index contributed by atoms with van der Waals surface area (Å²) in [5.74, 6) is -0.000935. The predicted molar refractivity (Wildman–Crippen MR) is 133 cm³/mol. The summed E-state index contributed by atoms with van der Waals surface area (Å²) in [6, 6.07) is 15.4. The lowest BCUT2D eigenvalue weighted by Crippen LogP contribution is -2.19. The number of thioether (sulfide) groups is 1. The minimum absolute atomic E-state index is 0.165. The van der Waals surface area contributed by atoms with Crippen molar-refractivity contribution >= 4 is 50.5 Å². The molecule has 0 unspecified atom stereocenters. The molecule has 3 aromatic rings. The fraction of sp³-hybridized carbons (Fsp3) is 0.120. The summed E-state index contributed by atoms with van der Waals surface area (Å²) in [5, 5.41) is 3.11. The van der Waals surface area contributed by atoms with E-state index in [1.165, 1.54) is 48.2 Å². The first kappa shape index (κ1) is 24.0. The first-order valence-electron chi connectivity index (χ1n) is 10.3. The summed E-state index contributed by atoms with van der Waals surface area (Å²) in [6.07, 6.45) is 1.72. The molecule has 5 nitrogen and oxygen atoms in total. The topological polar surface area (TPSA) is 59.9 Å². The van der Waals surface area contributed by atoms with Crippen LogP contribution in [0, 0.1) is 11.6 Å². The van der Waals surface area contributed by atoms with Crippen LogP contribution in [0.1, 0.15) is 18.1 Å². The third-order valence-electron chi connectivity index (χ3n) is 4.61. The average molecular weight is 545 g/mol. The molecule has 1 aliphatic rings. The van der Waals surface area contributed by atoms with Crippen LogP contribution in [-0.2, 0) is 11.4 Å². The summed E-state index contributed by atoms with van der Waals surface area (Å²) in [4.78, 5) is 17.2. The number of nitrogens with one attached hydrogen (secondary N) is 1. The van der Waals surface area contributed by atoms with Gasteiger partial charge in [0, 0.05) is 0 Å². The van der Waals surface area contributed by atoms with Gasteiger partial charge in [-0.1, -0.05) is 12.1 Å². The maximum absolute atomic E-state index is 13.5. The van der Waals surface area contributed by atoms with Gasteiger partial charge in [0.05, 0.1) is 21.7 Å². The smallest absolute Gasteiger partial charge is 0.264 e. The highest BCUT2D eigenvalue weighted by atomic mass is 79.9. The molecule has 1 saturated heterocycles. The second kappa shape index (κ2) is 10.8. The maximum Gasteiger partial charge on any atom is 0.264 e. The number of hydrogen-bond acceptors (Lipinski definition) is 5. The number of amidine groups is 1. The van der Waals surface area contributed by atoms with E-state index in [1.54, 1.807) is 30.3 Å². The largest absolute Gasteiger partial charge is 0.490 e. The Morgan fingerprint density at radius 2 is 1.85 bits per heavy atom. The third kappa shape index (κ3) is 6.03. The zero-order valence-electron chi connectivity index (χ0n) is 18.0. The van der Waals surface area contributed by atoms with E-state index in [-0.39, 0.29) is 24.1 Å². The van der Waals surface area contributed by atoms with Gasteiger partial charge < -0.3 is 14.8 Å². The molecular formula is C25H19BrF2N2O3S. The minimum Gasteiger partial charge on any atom is -0.490 e. The lowest BCUT2D eigenvalue weighted by atomic mass is 10.1. The van der Waals surface area contributed by atoms with Gasteiger partial charge in [-0.3, -0.25) is 4.79 Å². The molecule has 0 spiro atoms. The van der Waals surface area contributed by atoms with E-state index >= 15 is 0 Å². The van der Waals surface area contributed by atoms with Gasteiger partial charge in [-0.25, -0.2) is 13.8 Å². The number of hydrogen-bond donors (Lipinski definition) is 1. The number of carbonyl (C=O) groups excluding carboxylic acids is 1. The van der Waals surface area contributed by atoms with Crippen molar-refractivity contribution in [2.75, 3.05) is 6.61 Å². The Bertz CT molecular complexity index is 1280. The number of aliphatic imine (C=N–C) groups is 1. The normalized spacial score (nSPS) is 15.6. The van der Waals surface area contributed by atoms with Crippen LogP contribution in [0.2, 0.25) is 0 Å². The Hall–Kier alpha value is -3.17. The van der Waals surface area contributed by atoms with Crippen molar-refractivity contribution in [1.82, 2.24) is 5.32 Å². The standard InChI is InChI=1S/C25H19BrF2N2O3S/c1-2-32-21-12-16(11-20(26)23(21)33-14-15-4-3-5-18(28)10-15)13-22-24(31)30-25(34-22)29-19-8-6-17(27)7-9-19/h3-13H,2,14H2,1H3,(H,29,30,31)/b22-13+. The van der Waals surface area contributed by atoms with Crippen molar-refractivity contribution in [3.8, 4) is 11.5 Å². The third-order valence-corrected chi connectivity index (χ3v) is 6.11. The van der Waals surface area contributed by atoms with Crippen molar-refractivity contribution in [3.05, 3.63) is 92.8 Å². The van der Waals surface area contributed by atoms with E-state index in [1.807, 2.05) is 6.92 Å². The van der Waals surface area contributed by atoms with Gasteiger partial charge in [-0.05, 0) is 100 Å². The van der Waals surface area contributed by atoms with E-state index in [9.17, 15) is 13.6 Å². The Kier molecular flexibility index (Phi) is 7.64. The van der Waals surface area contributed by atoms with E-state index in [0.29, 0.717) is 49.5 Å². The first-order chi connectivity index (χ1) is 16.4. The van der Waals surface area contributed by atoms with E-state index in [4.69, 9.17) is 9.47 Å². The van der Waals surface area contributed by atoms with Crippen molar-refractivity contribution in [2.45, 2.75) is 13.5 Å². The SMILES string of the molecule is CCOc1cc(/C=C2/SC(=Nc3ccc(F)cc3)NC2=O)cc(Br)c1OCc1cccc(F)c1. The molecule has 0 aliphatic carbocycles. The number of rotatable bonds is 7. The molecule has 174 valence electrons. The van der Waals surface area contributed by atoms with Crippen molar-refractivity contribution < 1.29 is 23.0 Å². The number of amides is 1. The quantitative estimate of drug-likeness (QED) is 0.340. The summed E-state index contributed by atoms with van der Waals surface area (Å²) >= 11 is 4.70. The molecule has 1 amide bonds. The van der Waals surface area contributed by atoms with E-state index in [0.717, 1.165) is 0 Å². The highest BCUT2D eigenvalue weighted by Crippen LogP contribution is 2.39. The van der Waals surface area contributed by atoms with Crippen LogP contribution in [0.3, 0.4) is 0 Å². The average Bonchev–Trinajstić information content (AvgIpc) is 3.13. The molecule has 3 aromatic carbocycles. The van der Waals surface area contributed by atoms with E-state index in [2.05, 4.69) is 26.2 Å². The van der Waals surface area contributed by atoms with Gasteiger partial charge in [-0.15, -0.1) is 0 Å². The van der Waals surface area contributed by atoms with Gasteiger partial charge in [0.15, 0.2) is 16.7 Å². The van der Waals surface area contributed by atoms with Gasteiger partial charge in [-0.2, -0.15) is 0 Å². The first-order valence-corrected chi connectivity index (χ1v) is 11.9. The summed E-state index contributed by atoms with van der Waals surface area (Å²) in [5.41, 5.74) is 1.94. The van der Waals surface area contributed by atoms with Gasteiger partial charge in [0.25, 0.3) is 5.91 Å². The molecule has 1 aliphatic heterocycles. The van der Waals surface area contributed by atoms with Crippen LogP contribution in [0.4, 0.5) is 14.5 Å². The molecule has 1 fully saturated rings. The van der Waals surface area contributed by atoms with Crippen molar-refractivity contribution in [2.24, 2.45) is 4.99 Å². The van der Waals surface area contributed by atoms with Crippen LogP contribution >= 0.6 is 27.7 Å². The van der Waals surface area contributed by atoms with E-state index < -0.39 is 0 Å². The number of benzene rings is 3. The molecule has 0 atom stereocenters. The molecule has 9 heteroatoms. The van der Waals surface area contributed by atoms with Crippen molar-refractivity contribution in [3.63, 3.8) is 0 Å². The molecule has 0 bridgehead atoms. The van der Waals surface area contributed by atoms with Crippen molar-refractivity contribution in [1.29, 1.82) is 0 Å². The molecule has 0 aromatic heterocycles. The highest BCUT2D eigenvalue weighted by Gasteiger charge is 2.24. The monoisotopic (exact) mass is 544 g/mol. The van der Waals surface area contributed by atoms with Crippen LogP contribution in [0.25, 0.3) is 6.08 Å². The molecular weight excluding hydrogens is 526 g/mol. The second-order valence-corrected chi connectivity index (χ2v) is 9.02. The minimum atomic E-state index is -0.355. The Morgan fingerprint density at radius 3 is 2.59 bits per heavy atom. The molecule has 1 heterocycles. The molecule has 0 radical (unpaired) electrons. The Labute approximate surface area is 208 Å². The zero-order chi connectivity index (χ0) is 24.1. The molecule has 4 rings (SSSR count). The van der Waals surface area contributed by atoms with Crippen LogP contribution in [0.15, 0.2) is 75.0 Å². The van der Waals surface area contributed by atoms with Gasteiger partial charge in [0.1, 0.15) is 18.2 Å². The highest BCUT2D eigenvalue weighted by molar-refractivity contribution is 9.10. The zero-order valence-corrected chi connectivity index (χ0v) is 20.4. The number of ether oxygens (including phenoxy) is 2. The number of halogens is 3.